The predicted octanol–water partition coefficient (Wildman–Crippen LogP) is 3.05. The second-order valence-corrected chi connectivity index (χ2v) is 5.99. The van der Waals surface area contributed by atoms with Gasteiger partial charge in [0.15, 0.2) is 0 Å². The van der Waals surface area contributed by atoms with Gasteiger partial charge in [-0.05, 0) is 36.6 Å². The molecule has 0 bridgehead atoms. The number of amides is 2. The van der Waals surface area contributed by atoms with Gasteiger partial charge in [-0.2, -0.15) is 5.10 Å². The highest BCUT2D eigenvalue weighted by Gasteiger charge is 2.16. The number of nitrogens with zero attached hydrogens (tertiary/aromatic N) is 2. The Morgan fingerprint density at radius 2 is 2.22 bits per heavy atom. The van der Waals surface area contributed by atoms with Crippen molar-refractivity contribution in [3.8, 4) is 5.69 Å². The van der Waals surface area contributed by atoms with E-state index in [0.29, 0.717) is 17.1 Å². The monoisotopic (exact) mass is 336 g/mol. The molecule has 0 aliphatic heterocycles. The highest BCUT2D eigenvalue weighted by Crippen LogP contribution is 2.23. The van der Waals surface area contributed by atoms with E-state index in [0.717, 1.165) is 5.69 Å². The minimum absolute atomic E-state index is 0.0352. The largest absolute Gasteiger partial charge is 0.396 e. The fourth-order valence-corrected chi connectivity index (χ4v) is 2.50. The molecule has 0 aliphatic carbocycles. The maximum absolute atomic E-state index is 12.1. The predicted molar refractivity (Wildman–Crippen MR) is 91.1 cm³/mol. The highest BCUT2D eigenvalue weighted by molar-refractivity contribution is 6.32. The molecule has 0 saturated heterocycles. The maximum Gasteiger partial charge on any atom is 0.319 e. The number of aromatic nitrogens is 2. The Bertz CT molecular complexity index is 644. The van der Waals surface area contributed by atoms with Gasteiger partial charge in [0.1, 0.15) is 0 Å². The van der Waals surface area contributed by atoms with Crippen LogP contribution in [-0.2, 0) is 0 Å². The lowest BCUT2D eigenvalue weighted by Gasteiger charge is -2.21. The van der Waals surface area contributed by atoms with Crippen LogP contribution in [0.15, 0.2) is 36.7 Å². The van der Waals surface area contributed by atoms with Crippen molar-refractivity contribution in [1.29, 1.82) is 0 Å². The molecule has 3 N–H and O–H groups in total. The molecule has 1 atom stereocenters. The van der Waals surface area contributed by atoms with E-state index in [4.69, 9.17) is 16.7 Å². The third-order valence-electron chi connectivity index (χ3n) is 3.52. The summed E-state index contributed by atoms with van der Waals surface area (Å²) in [7, 11) is 0. The van der Waals surface area contributed by atoms with Gasteiger partial charge in [0.05, 0.1) is 10.7 Å². The van der Waals surface area contributed by atoms with Crippen molar-refractivity contribution in [2.24, 2.45) is 5.92 Å². The maximum atomic E-state index is 12.1. The van der Waals surface area contributed by atoms with Crippen molar-refractivity contribution < 1.29 is 9.90 Å². The van der Waals surface area contributed by atoms with Crippen molar-refractivity contribution in [2.75, 3.05) is 11.9 Å². The Kier molecular flexibility index (Phi) is 6.01. The van der Waals surface area contributed by atoms with E-state index in [-0.39, 0.29) is 24.6 Å². The quantitative estimate of drug-likeness (QED) is 0.758. The number of hydrogen-bond donors (Lipinski definition) is 3. The van der Waals surface area contributed by atoms with E-state index in [1.165, 1.54) is 0 Å². The van der Waals surface area contributed by atoms with E-state index >= 15 is 0 Å². The summed E-state index contributed by atoms with van der Waals surface area (Å²) in [6.07, 6.45) is 3.98. The van der Waals surface area contributed by atoms with Crippen molar-refractivity contribution in [3.63, 3.8) is 0 Å². The molecule has 1 unspecified atom stereocenters. The summed E-state index contributed by atoms with van der Waals surface area (Å²) < 4.78 is 1.65. The lowest BCUT2D eigenvalue weighted by molar-refractivity contribution is 0.227. The molecule has 2 amide bonds. The molecule has 2 aromatic rings. The van der Waals surface area contributed by atoms with Crippen LogP contribution in [-0.4, -0.2) is 33.6 Å². The van der Waals surface area contributed by atoms with Crippen LogP contribution in [0.1, 0.15) is 20.3 Å². The van der Waals surface area contributed by atoms with Gasteiger partial charge in [-0.1, -0.05) is 25.4 Å². The van der Waals surface area contributed by atoms with E-state index < -0.39 is 0 Å². The summed E-state index contributed by atoms with van der Waals surface area (Å²) in [4.78, 5) is 12.1. The molecule has 0 radical (unpaired) electrons. The van der Waals surface area contributed by atoms with Crippen molar-refractivity contribution in [2.45, 2.75) is 26.3 Å². The molecule has 0 spiro atoms. The number of urea groups is 1. The summed E-state index contributed by atoms with van der Waals surface area (Å²) in [5.41, 5.74) is 1.33. The molecule has 0 aliphatic rings. The molecule has 6 nitrogen and oxygen atoms in total. The Hall–Kier alpha value is -2.05. The molecule has 2 rings (SSSR count). The summed E-state index contributed by atoms with van der Waals surface area (Å²) in [5.74, 6) is 0.235. The van der Waals surface area contributed by atoms with Gasteiger partial charge in [0.25, 0.3) is 0 Å². The lowest BCUT2D eigenvalue weighted by Crippen LogP contribution is -2.41. The number of rotatable bonds is 6. The molecule has 1 aromatic heterocycles. The summed E-state index contributed by atoms with van der Waals surface area (Å²) in [5, 5.41) is 19.3. The standard InChI is InChI=1S/C16H21ClN4O2/c1-11(2)14(6-9-22)20-16(23)19-12-4-5-15(13(17)10-12)21-8-3-7-18-21/h3-5,7-8,10-11,14,22H,6,9H2,1-2H3,(H2,19,20,23). The number of anilines is 1. The summed E-state index contributed by atoms with van der Waals surface area (Å²) in [6.45, 7) is 4.03. The van der Waals surface area contributed by atoms with E-state index in [1.807, 2.05) is 19.9 Å². The highest BCUT2D eigenvalue weighted by atomic mass is 35.5. The molecule has 0 fully saturated rings. The van der Waals surface area contributed by atoms with Gasteiger partial charge in [0.2, 0.25) is 0 Å². The smallest absolute Gasteiger partial charge is 0.319 e. The fraction of sp³-hybridized carbons (Fsp3) is 0.375. The van der Waals surface area contributed by atoms with Crippen LogP contribution in [0.25, 0.3) is 5.69 Å². The van der Waals surface area contributed by atoms with Gasteiger partial charge in [-0.15, -0.1) is 0 Å². The van der Waals surface area contributed by atoms with Gasteiger partial charge >= 0.3 is 6.03 Å². The minimum atomic E-state index is -0.319. The average Bonchev–Trinajstić information content (AvgIpc) is 3.00. The van der Waals surface area contributed by atoms with Crippen LogP contribution < -0.4 is 10.6 Å². The first kappa shape index (κ1) is 17.3. The van der Waals surface area contributed by atoms with Crippen LogP contribution in [0.5, 0.6) is 0 Å². The number of hydrogen-bond acceptors (Lipinski definition) is 3. The third-order valence-corrected chi connectivity index (χ3v) is 3.82. The number of benzene rings is 1. The SMILES string of the molecule is CC(C)C(CCO)NC(=O)Nc1ccc(-n2cccn2)c(Cl)c1. The van der Waals surface area contributed by atoms with Crippen LogP contribution in [0, 0.1) is 5.92 Å². The molecule has 124 valence electrons. The van der Waals surface area contributed by atoms with Crippen LogP contribution in [0.3, 0.4) is 0 Å². The van der Waals surface area contributed by atoms with E-state index in [2.05, 4.69) is 15.7 Å². The Balaban J connectivity index is 2.03. The number of carbonyl (C=O) groups is 1. The molecule has 1 heterocycles. The first-order valence-electron chi connectivity index (χ1n) is 7.49. The number of halogens is 1. The topological polar surface area (TPSA) is 79.2 Å². The van der Waals surface area contributed by atoms with Crippen LogP contribution >= 0.6 is 11.6 Å². The van der Waals surface area contributed by atoms with Crippen molar-refractivity contribution in [1.82, 2.24) is 15.1 Å². The fourth-order valence-electron chi connectivity index (χ4n) is 2.23. The number of carbonyl (C=O) groups excluding carboxylic acids is 1. The molecular weight excluding hydrogens is 316 g/mol. The van der Waals surface area contributed by atoms with Crippen molar-refractivity contribution >= 4 is 23.3 Å². The third kappa shape index (κ3) is 4.71. The van der Waals surface area contributed by atoms with Crippen LogP contribution in [0.2, 0.25) is 5.02 Å². The van der Waals surface area contributed by atoms with Gasteiger partial charge < -0.3 is 15.7 Å². The normalized spacial score (nSPS) is 12.2. The van der Waals surface area contributed by atoms with E-state index in [1.54, 1.807) is 35.3 Å². The number of aliphatic hydroxyl groups excluding tert-OH is 1. The lowest BCUT2D eigenvalue weighted by atomic mass is 10.0. The zero-order valence-electron chi connectivity index (χ0n) is 13.2. The minimum Gasteiger partial charge on any atom is -0.396 e. The summed E-state index contributed by atoms with van der Waals surface area (Å²) in [6, 6.07) is 6.63. The molecule has 7 heteroatoms. The molecule has 23 heavy (non-hydrogen) atoms. The number of aliphatic hydroxyl groups is 1. The second-order valence-electron chi connectivity index (χ2n) is 5.58. The molecule has 1 aromatic carbocycles. The summed E-state index contributed by atoms with van der Waals surface area (Å²) >= 11 is 6.24. The van der Waals surface area contributed by atoms with Crippen molar-refractivity contribution in [3.05, 3.63) is 41.7 Å². The zero-order chi connectivity index (χ0) is 16.8. The Morgan fingerprint density at radius 1 is 1.43 bits per heavy atom. The van der Waals surface area contributed by atoms with Gasteiger partial charge in [-0.25, -0.2) is 9.48 Å². The molecule has 0 saturated carbocycles. The zero-order valence-corrected chi connectivity index (χ0v) is 13.9. The van der Waals surface area contributed by atoms with Gasteiger partial charge in [0, 0.05) is 30.7 Å². The van der Waals surface area contributed by atoms with Crippen LogP contribution in [0.4, 0.5) is 10.5 Å². The first-order chi connectivity index (χ1) is 11.0. The second kappa shape index (κ2) is 7.99. The number of nitrogens with one attached hydrogen (secondary N) is 2. The average molecular weight is 337 g/mol. The molecular formula is C16H21ClN4O2. The Labute approximate surface area is 140 Å². The Morgan fingerprint density at radius 3 is 2.78 bits per heavy atom. The van der Waals surface area contributed by atoms with E-state index in [9.17, 15) is 4.79 Å². The van der Waals surface area contributed by atoms with Gasteiger partial charge in [-0.3, -0.25) is 0 Å². The first-order valence-corrected chi connectivity index (χ1v) is 7.87.